The summed E-state index contributed by atoms with van der Waals surface area (Å²) >= 11 is 0. The van der Waals surface area contributed by atoms with Crippen LogP contribution in [0.5, 0.6) is 5.75 Å². The first-order chi connectivity index (χ1) is 18.4. The van der Waals surface area contributed by atoms with E-state index in [1.807, 2.05) is 13.0 Å². The summed E-state index contributed by atoms with van der Waals surface area (Å²) in [6, 6.07) is 8.05. The van der Waals surface area contributed by atoms with E-state index in [0.29, 0.717) is 34.8 Å². The first-order valence-corrected chi connectivity index (χ1v) is 11.9. The van der Waals surface area contributed by atoms with E-state index in [9.17, 15) is 18.4 Å². The number of imidazole rings is 1. The van der Waals surface area contributed by atoms with Gasteiger partial charge in [-0.2, -0.15) is 4.39 Å². The highest BCUT2D eigenvalue weighted by Crippen LogP contribution is 2.31. The number of nitrogens with zero attached hydrogens (tertiary/aromatic N) is 3. The molecule has 2 aromatic carbocycles. The molecule has 0 aliphatic carbocycles. The van der Waals surface area contributed by atoms with E-state index in [4.69, 9.17) is 10.5 Å². The van der Waals surface area contributed by atoms with Crippen molar-refractivity contribution < 1.29 is 23.1 Å². The molecule has 0 fully saturated rings. The lowest BCUT2D eigenvalue weighted by molar-refractivity contribution is -0.119. The number of rotatable bonds is 10. The number of ether oxygens (including phenoxy) is 1. The van der Waals surface area contributed by atoms with Gasteiger partial charge in [0.05, 0.1) is 25.5 Å². The summed E-state index contributed by atoms with van der Waals surface area (Å²) < 4.78 is 35.5. The number of methoxy groups -OCH3 is 1. The van der Waals surface area contributed by atoms with Crippen molar-refractivity contribution in [1.29, 1.82) is 0 Å². The number of fused-ring (bicyclic) bond motifs is 1. The number of amides is 2. The number of carbonyl (C=O) groups is 2. The van der Waals surface area contributed by atoms with Gasteiger partial charge in [-0.1, -0.05) is 6.92 Å². The Morgan fingerprint density at radius 1 is 1.08 bits per heavy atom. The molecule has 0 saturated carbocycles. The molecule has 0 bridgehead atoms. The van der Waals surface area contributed by atoms with Crippen molar-refractivity contribution in [1.82, 2.24) is 25.0 Å². The van der Waals surface area contributed by atoms with Gasteiger partial charge in [-0.25, -0.2) is 14.4 Å². The molecule has 12 heteroatoms. The van der Waals surface area contributed by atoms with Crippen molar-refractivity contribution in [3.63, 3.8) is 0 Å². The highest BCUT2D eigenvalue weighted by molar-refractivity contribution is 5.96. The van der Waals surface area contributed by atoms with Crippen LogP contribution in [0.25, 0.3) is 16.9 Å². The summed E-state index contributed by atoms with van der Waals surface area (Å²) in [5.74, 6) is -2.47. The van der Waals surface area contributed by atoms with Crippen LogP contribution >= 0.6 is 0 Å². The summed E-state index contributed by atoms with van der Waals surface area (Å²) in [6.07, 6.45) is 5.15. The molecule has 0 aliphatic heterocycles. The topological polar surface area (TPSA) is 136 Å². The third kappa shape index (κ3) is 5.39. The SMILES string of the molecule is CCc1cc(Nc2nccn3c(-c4ccc(OC)c(F)c4F)cnc23)ccc1C(=O)NCCNC(=O)CN. The van der Waals surface area contributed by atoms with E-state index in [1.54, 1.807) is 22.7 Å². The Morgan fingerprint density at radius 3 is 2.61 bits per heavy atom. The maximum absolute atomic E-state index is 14.7. The lowest BCUT2D eigenvalue weighted by Crippen LogP contribution is -2.37. The van der Waals surface area contributed by atoms with Gasteiger partial charge in [0.15, 0.2) is 23.0 Å². The molecule has 0 aliphatic rings. The fraction of sp³-hybridized carbons (Fsp3) is 0.231. The van der Waals surface area contributed by atoms with Crippen molar-refractivity contribution in [2.45, 2.75) is 13.3 Å². The largest absolute Gasteiger partial charge is 0.494 e. The average Bonchev–Trinajstić information content (AvgIpc) is 3.37. The number of nitrogens with two attached hydrogens (primary N) is 1. The molecule has 0 atom stereocenters. The third-order valence-corrected chi connectivity index (χ3v) is 5.88. The monoisotopic (exact) mass is 523 g/mol. The van der Waals surface area contributed by atoms with Gasteiger partial charge in [0, 0.05) is 42.3 Å². The van der Waals surface area contributed by atoms with Crippen LogP contribution in [0.4, 0.5) is 20.3 Å². The predicted octanol–water partition coefficient (Wildman–Crippen LogP) is 2.79. The van der Waals surface area contributed by atoms with Gasteiger partial charge in [-0.3, -0.25) is 14.0 Å². The molecule has 0 radical (unpaired) electrons. The molecule has 198 valence electrons. The highest BCUT2D eigenvalue weighted by Gasteiger charge is 2.19. The molecule has 0 spiro atoms. The fourth-order valence-electron chi connectivity index (χ4n) is 3.96. The lowest BCUT2D eigenvalue weighted by Gasteiger charge is -2.13. The van der Waals surface area contributed by atoms with Crippen LogP contribution in [0, 0.1) is 11.6 Å². The quantitative estimate of drug-likeness (QED) is 0.235. The molecule has 2 aromatic heterocycles. The average molecular weight is 524 g/mol. The normalized spacial score (nSPS) is 10.9. The molecule has 0 unspecified atom stereocenters. The van der Waals surface area contributed by atoms with Crippen LogP contribution in [0.1, 0.15) is 22.8 Å². The Balaban J connectivity index is 1.55. The Hall–Kier alpha value is -4.58. The Morgan fingerprint density at radius 2 is 1.87 bits per heavy atom. The van der Waals surface area contributed by atoms with Crippen LogP contribution in [0.2, 0.25) is 0 Å². The first kappa shape index (κ1) is 26.5. The number of hydrogen-bond acceptors (Lipinski definition) is 7. The molecule has 4 aromatic rings. The molecule has 38 heavy (non-hydrogen) atoms. The number of benzene rings is 2. The lowest BCUT2D eigenvalue weighted by atomic mass is 10.0. The Labute approximate surface area is 217 Å². The van der Waals surface area contributed by atoms with Crippen LogP contribution in [0.3, 0.4) is 0 Å². The van der Waals surface area contributed by atoms with Crippen molar-refractivity contribution in [2.24, 2.45) is 5.73 Å². The second-order valence-electron chi connectivity index (χ2n) is 8.22. The third-order valence-electron chi connectivity index (χ3n) is 5.88. The van der Waals surface area contributed by atoms with Crippen molar-refractivity contribution >= 4 is 29.0 Å². The molecule has 4 rings (SSSR count). The second kappa shape index (κ2) is 11.6. The standard InChI is InChI=1S/C26H27F2N7O3/c1-3-15-12-16(4-5-17(15)26(37)32-9-8-30-21(36)13-29)34-24-25-33-14-19(35(25)11-10-31-24)18-6-7-20(38-2)23(28)22(18)27/h4-7,10-12,14H,3,8-9,13,29H2,1-2H3,(H,30,36)(H,31,34)(H,32,37). The molecule has 10 nitrogen and oxygen atoms in total. The number of aromatic nitrogens is 3. The van der Waals surface area contributed by atoms with Crippen molar-refractivity contribution in [2.75, 3.05) is 32.1 Å². The minimum Gasteiger partial charge on any atom is -0.494 e. The van der Waals surface area contributed by atoms with Crippen molar-refractivity contribution in [3.8, 4) is 17.0 Å². The van der Waals surface area contributed by atoms with Crippen LogP contribution in [-0.4, -0.2) is 52.9 Å². The number of carbonyl (C=O) groups excluding carboxylic acids is 2. The zero-order valence-corrected chi connectivity index (χ0v) is 20.8. The van der Waals surface area contributed by atoms with Gasteiger partial charge >= 0.3 is 0 Å². The van der Waals surface area contributed by atoms with Crippen LogP contribution in [0.15, 0.2) is 48.9 Å². The summed E-state index contributed by atoms with van der Waals surface area (Å²) in [6.45, 7) is 2.36. The molecular weight excluding hydrogens is 496 g/mol. The van der Waals surface area contributed by atoms with Gasteiger partial charge in [0.1, 0.15) is 0 Å². The van der Waals surface area contributed by atoms with Crippen molar-refractivity contribution in [3.05, 3.63) is 71.7 Å². The van der Waals surface area contributed by atoms with Crippen LogP contribution in [-0.2, 0) is 11.2 Å². The van der Waals surface area contributed by atoms with E-state index in [2.05, 4.69) is 25.9 Å². The van der Waals surface area contributed by atoms with Gasteiger partial charge in [-0.05, 0) is 42.3 Å². The maximum atomic E-state index is 14.7. The van der Waals surface area contributed by atoms with E-state index < -0.39 is 11.6 Å². The Kier molecular flexibility index (Phi) is 8.12. The molecule has 5 N–H and O–H groups in total. The smallest absolute Gasteiger partial charge is 0.251 e. The summed E-state index contributed by atoms with van der Waals surface area (Å²) in [5.41, 5.74) is 7.99. The van der Waals surface area contributed by atoms with Gasteiger partial charge < -0.3 is 26.4 Å². The fourth-order valence-corrected chi connectivity index (χ4v) is 3.96. The van der Waals surface area contributed by atoms with E-state index in [0.717, 1.165) is 5.56 Å². The number of hydrogen-bond donors (Lipinski definition) is 4. The zero-order chi connectivity index (χ0) is 27.2. The predicted molar refractivity (Wildman–Crippen MR) is 138 cm³/mol. The van der Waals surface area contributed by atoms with Crippen LogP contribution < -0.4 is 26.4 Å². The summed E-state index contributed by atoms with van der Waals surface area (Å²) in [7, 11) is 1.27. The first-order valence-electron chi connectivity index (χ1n) is 11.9. The minimum absolute atomic E-state index is 0.0270. The summed E-state index contributed by atoms with van der Waals surface area (Å²) in [5, 5.41) is 8.56. The number of anilines is 2. The molecule has 0 saturated heterocycles. The molecule has 2 heterocycles. The van der Waals surface area contributed by atoms with Gasteiger partial charge in [0.2, 0.25) is 11.7 Å². The number of nitrogens with one attached hydrogen (secondary N) is 3. The van der Waals surface area contributed by atoms with E-state index in [-0.39, 0.29) is 42.8 Å². The number of aryl methyl sites for hydroxylation is 1. The second-order valence-corrected chi connectivity index (χ2v) is 8.22. The van der Waals surface area contributed by atoms with E-state index >= 15 is 0 Å². The zero-order valence-electron chi connectivity index (χ0n) is 20.8. The van der Waals surface area contributed by atoms with Gasteiger partial charge in [-0.15, -0.1) is 0 Å². The minimum atomic E-state index is -1.08. The molecular formula is C26H27F2N7O3. The Bertz CT molecular complexity index is 1490. The highest BCUT2D eigenvalue weighted by atomic mass is 19.2. The number of halogens is 2. The maximum Gasteiger partial charge on any atom is 0.251 e. The van der Waals surface area contributed by atoms with Gasteiger partial charge in [0.25, 0.3) is 5.91 Å². The molecule has 2 amide bonds. The summed E-state index contributed by atoms with van der Waals surface area (Å²) in [4.78, 5) is 32.6. The van der Waals surface area contributed by atoms with E-state index in [1.165, 1.54) is 31.6 Å².